The van der Waals surface area contributed by atoms with Crippen molar-refractivity contribution in [2.24, 2.45) is 0 Å². The van der Waals surface area contributed by atoms with Crippen LogP contribution in [-0.2, 0) is 14.6 Å². The molecule has 0 radical (unpaired) electrons. The van der Waals surface area contributed by atoms with Gasteiger partial charge in [-0.3, -0.25) is 9.36 Å². The van der Waals surface area contributed by atoms with Crippen molar-refractivity contribution in [1.29, 1.82) is 0 Å². The van der Waals surface area contributed by atoms with Gasteiger partial charge in [0, 0.05) is 24.1 Å². The number of rotatable bonds is 5. The summed E-state index contributed by atoms with van der Waals surface area (Å²) in [7, 11) is -3.01. The van der Waals surface area contributed by atoms with Gasteiger partial charge in [-0.2, -0.15) is 0 Å². The Labute approximate surface area is 158 Å². The second-order valence-electron chi connectivity index (χ2n) is 6.72. The maximum absolute atomic E-state index is 12.4. The van der Waals surface area contributed by atoms with Crippen LogP contribution in [0.25, 0.3) is 5.69 Å². The number of imidazole rings is 1. The van der Waals surface area contributed by atoms with Crippen LogP contribution < -0.4 is 5.32 Å². The Balaban J connectivity index is 1.68. The number of aromatic nitrogens is 2. The molecule has 1 aliphatic heterocycles. The van der Waals surface area contributed by atoms with Gasteiger partial charge in [-0.1, -0.05) is 17.8 Å². The lowest BCUT2D eigenvalue weighted by molar-refractivity contribution is -0.120. The van der Waals surface area contributed by atoms with Gasteiger partial charge in [0.1, 0.15) is 0 Å². The van der Waals surface area contributed by atoms with E-state index in [0.717, 1.165) is 10.8 Å². The zero-order valence-corrected chi connectivity index (χ0v) is 16.7. The highest BCUT2D eigenvalue weighted by molar-refractivity contribution is 8.00. The third-order valence-corrected chi connectivity index (χ3v) is 7.45. The summed E-state index contributed by atoms with van der Waals surface area (Å²) >= 11 is 1.36. The van der Waals surface area contributed by atoms with Gasteiger partial charge in [0.2, 0.25) is 5.91 Å². The molecule has 2 heterocycles. The Morgan fingerprint density at radius 2 is 2.12 bits per heavy atom. The number of carbonyl (C=O) groups is 1. The Kier molecular flexibility index (Phi) is 5.43. The van der Waals surface area contributed by atoms with Gasteiger partial charge >= 0.3 is 0 Å². The fourth-order valence-corrected chi connectivity index (χ4v) is 5.45. The highest BCUT2D eigenvalue weighted by atomic mass is 32.2. The number of nitrogens with zero attached hydrogens (tertiary/aromatic N) is 2. The molecule has 1 N–H and O–H groups in total. The third-order valence-electron chi connectivity index (χ3n) is 4.61. The molecule has 0 saturated carbocycles. The van der Waals surface area contributed by atoms with Crippen molar-refractivity contribution in [2.45, 2.75) is 43.6 Å². The second kappa shape index (κ2) is 7.44. The minimum atomic E-state index is -3.01. The molecule has 0 aliphatic carbocycles. The first-order valence-corrected chi connectivity index (χ1v) is 11.2. The van der Waals surface area contributed by atoms with Crippen LogP contribution in [0, 0.1) is 13.8 Å². The summed E-state index contributed by atoms with van der Waals surface area (Å²) in [4.78, 5) is 16.8. The number of hydrogen-bond donors (Lipinski definition) is 1. The summed E-state index contributed by atoms with van der Waals surface area (Å²) in [5.41, 5.74) is 3.42. The SMILES string of the molecule is Cc1ccc(-n2ccnc2S[C@H](C)C(=O)N[C@@H]2CCS(=O)(=O)C2)cc1C. The minimum absolute atomic E-state index is 0.0351. The maximum atomic E-state index is 12.4. The minimum Gasteiger partial charge on any atom is -0.351 e. The van der Waals surface area contributed by atoms with E-state index in [0.29, 0.717) is 6.42 Å². The van der Waals surface area contributed by atoms with Gasteiger partial charge < -0.3 is 5.32 Å². The van der Waals surface area contributed by atoms with Crippen LogP contribution in [0.15, 0.2) is 35.7 Å². The van der Waals surface area contributed by atoms with Crippen LogP contribution in [-0.4, -0.2) is 46.7 Å². The van der Waals surface area contributed by atoms with Crippen molar-refractivity contribution < 1.29 is 13.2 Å². The zero-order valence-electron chi connectivity index (χ0n) is 15.1. The lowest BCUT2D eigenvalue weighted by Gasteiger charge is -2.16. The molecule has 2 aromatic rings. The predicted octanol–water partition coefficient (Wildman–Crippen LogP) is 2.27. The second-order valence-corrected chi connectivity index (χ2v) is 10.3. The van der Waals surface area contributed by atoms with Crippen LogP contribution >= 0.6 is 11.8 Å². The number of amides is 1. The van der Waals surface area contributed by atoms with Crippen molar-refractivity contribution in [3.05, 3.63) is 41.7 Å². The van der Waals surface area contributed by atoms with E-state index in [1.54, 1.807) is 6.20 Å². The largest absolute Gasteiger partial charge is 0.351 e. The first kappa shape index (κ1) is 19.0. The van der Waals surface area contributed by atoms with E-state index in [1.807, 2.05) is 23.8 Å². The first-order chi connectivity index (χ1) is 12.2. The molecule has 26 heavy (non-hydrogen) atoms. The standard InChI is InChI=1S/C18H23N3O3S2/c1-12-4-5-16(10-13(12)2)21-8-7-19-18(21)25-14(3)17(22)20-15-6-9-26(23,24)11-15/h4-5,7-8,10,14-15H,6,9,11H2,1-3H3,(H,20,22)/t14-,15-/m1/s1. The zero-order chi connectivity index (χ0) is 18.9. The van der Waals surface area contributed by atoms with Crippen molar-refractivity contribution in [3.63, 3.8) is 0 Å². The van der Waals surface area contributed by atoms with E-state index in [-0.39, 0.29) is 28.7 Å². The lowest BCUT2D eigenvalue weighted by atomic mass is 10.1. The fraction of sp³-hybridized carbons (Fsp3) is 0.444. The Morgan fingerprint density at radius 3 is 2.77 bits per heavy atom. The monoisotopic (exact) mass is 393 g/mol. The predicted molar refractivity (Wildman–Crippen MR) is 104 cm³/mol. The number of benzene rings is 1. The van der Waals surface area contributed by atoms with Crippen LogP contribution in [0.1, 0.15) is 24.5 Å². The molecule has 6 nitrogen and oxygen atoms in total. The lowest BCUT2D eigenvalue weighted by Crippen LogP contribution is -2.40. The summed E-state index contributed by atoms with van der Waals surface area (Å²) in [5, 5.41) is 3.21. The summed E-state index contributed by atoms with van der Waals surface area (Å²) in [6, 6.07) is 5.91. The number of aryl methyl sites for hydroxylation is 2. The molecule has 0 spiro atoms. The topological polar surface area (TPSA) is 81.1 Å². The Hall–Kier alpha value is -1.80. The van der Waals surface area contributed by atoms with Gasteiger partial charge in [-0.05, 0) is 50.5 Å². The number of nitrogens with one attached hydrogen (secondary N) is 1. The molecule has 8 heteroatoms. The molecule has 3 rings (SSSR count). The van der Waals surface area contributed by atoms with E-state index in [4.69, 9.17) is 0 Å². The molecule has 2 atom stereocenters. The van der Waals surface area contributed by atoms with Crippen molar-refractivity contribution in [1.82, 2.24) is 14.9 Å². The molecule has 1 amide bonds. The van der Waals surface area contributed by atoms with Gasteiger partial charge in [0.05, 0.1) is 16.8 Å². The van der Waals surface area contributed by atoms with Crippen molar-refractivity contribution in [2.75, 3.05) is 11.5 Å². The Morgan fingerprint density at radius 1 is 1.35 bits per heavy atom. The summed E-state index contributed by atoms with van der Waals surface area (Å²) < 4.78 is 25.0. The number of thioether (sulfide) groups is 1. The van der Waals surface area contributed by atoms with Crippen LogP contribution in [0.3, 0.4) is 0 Å². The molecular formula is C18H23N3O3S2. The summed E-state index contributed by atoms with van der Waals surface area (Å²) in [6.07, 6.45) is 4.08. The Bertz CT molecular complexity index is 922. The number of sulfone groups is 1. The van der Waals surface area contributed by atoms with E-state index < -0.39 is 9.84 Å². The van der Waals surface area contributed by atoms with E-state index in [2.05, 4.69) is 36.3 Å². The maximum Gasteiger partial charge on any atom is 0.233 e. The highest BCUT2D eigenvalue weighted by Crippen LogP contribution is 2.26. The van der Waals surface area contributed by atoms with E-state index >= 15 is 0 Å². The third kappa shape index (κ3) is 4.29. The first-order valence-electron chi connectivity index (χ1n) is 8.53. The van der Waals surface area contributed by atoms with Gasteiger partial charge in [-0.15, -0.1) is 0 Å². The fourth-order valence-electron chi connectivity index (χ4n) is 2.89. The van der Waals surface area contributed by atoms with E-state index in [9.17, 15) is 13.2 Å². The van der Waals surface area contributed by atoms with Crippen molar-refractivity contribution >= 4 is 27.5 Å². The average molecular weight is 394 g/mol. The molecule has 140 valence electrons. The molecule has 1 fully saturated rings. The van der Waals surface area contributed by atoms with Gasteiger partial charge in [0.25, 0.3) is 0 Å². The van der Waals surface area contributed by atoms with Crippen LogP contribution in [0.2, 0.25) is 0 Å². The molecule has 1 aromatic heterocycles. The highest BCUT2D eigenvalue weighted by Gasteiger charge is 2.30. The smallest absolute Gasteiger partial charge is 0.233 e. The molecule has 1 aliphatic rings. The number of carbonyl (C=O) groups excluding carboxylic acids is 1. The molecule has 1 aromatic carbocycles. The molecule has 0 bridgehead atoms. The average Bonchev–Trinajstić information content (AvgIpc) is 3.16. The molecular weight excluding hydrogens is 370 g/mol. The van der Waals surface area contributed by atoms with Crippen LogP contribution in [0.5, 0.6) is 0 Å². The van der Waals surface area contributed by atoms with Crippen LogP contribution in [0.4, 0.5) is 0 Å². The number of hydrogen-bond acceptors (Lipinski definition) is 5. The normalized spacial score (nSPS) is 20.0. The van der Waals surface area contributed by atoms with E-state index in [1.165, 1.54) is 22.9 Å². The molecule has 1 saturated heterocycles. The quantitative estimate of drug-likeness (QED) is 0.788. The van der Waals surface area contributed by atoms with Crippen molar-refractivity contribution in [3.8, 4) is 5.69 Å². The molecule has 0 unspecified atom stereocenters. The van der Waals surface area contributed by atoms with Gasteiger partial charge in [-0.25, -0.2) is 13.4 Å². The van der Waals surface area contributed by atoms with Gasteiger partial charge in [0.15, 0.2) is 15.0 Å². The summed E-state index contributed by atoms with van der Waals surface area (Å²) in [6.45, 7) is 5.94. The summed E-state index contributed by atoms with van der Waals surface area (Å²) in [5.74, 6) is 0.0241.